The Bertz CT molecular complexity index is 19.7. The molecule has 0 unspecified atom stereocenters. The molecule has 0 aliphatic rings. The minimum Gasteiger partial charge on any atom is -0.338 e. The maximum atomic E-state index is 3.77. The van der Waals surface area contributed by atoms with Crippen molar-refractivity contribution in [2.24, 2.45) is 5.41 Å². The molecule has 0 saturated carbocycles. The molecule has 43 valence electrons. The van der Waals surface area contributed by atoms with Crippen molar-refractivity contribution in [1.82, 2.24) is 0 Å². The zero-order chi connectivity index (χ0) is 4.50. The molecule has 1 heteroatoms. The Morgan fingerprint density at radius 3 is 1.14 bits per heavy atom. The van der Waals surface area contributed by atoms with Gasteiger partial charge in [0.1, 0.15) is 0 Å². The van der Waals surface area contributed by atoms with Crippen LogP contribution in [0.3, 0.4) is 0 Å². The second kappa shape index (κ2) is 5.24. The van der Waals surface area contributed by atoms with Gasteiger partial charge in [-0.05, 0) is 0 Å². The molecule has 0 aliphatic heterocycles. The molecule has 0 amide bonds. The van der Waals surface area contributed by atoms with Crippen molar-refractivity contribution >= 4 is 0 Å². The van der Waals surface area contributed by atoms with Gasteiger partial charge in [-0.1, -0.05) is 28.2 Å². The maximum absolute atomic E-state index is 3.77. The largest absolute Gasteiger partial charge is 0.338 e. The fourth-order valence-corrected chi connectivity index (χ4v) is 0. The minimum atomic E-state index is 0. The van der Waals surface area contributed by atoms with E-state index in [0.717, 1.165) is 0 Å². The smallest absolute Gasteiger partial charge is 0 e. The van der Waals surface area contributed by atoms with Gasteiger partial charge in [0.05, 0.1) is 0 Å². The third kappa shape index (κ3) is 152. The first-order valence-corrected chi connectivity index (χ1v) is 1.85. The number of hydrogen-bond acceptors (Lipinski definition) is 0. The van der Waals surface area contributed by atoms with Gasteiger partial charge < -0.3 is 6.92 Å². The van der Waals surface area contributed by atoms with Crippen molar-refractivity contribution in [3.05, 3.63) is 6.92 Å². The molecule has 0 N–H and O–H groups in total. The van der Waals surface area contributed by atoms with Gasteiger partial charge in [-0.3, -0.25) is 0 Å². The van der Waals surface area contributed by atoms with E-state index in [1.807, 2.05) is 0 Å². The molecule has 0 aromatic heterocycles. The third-order valence-corrected chi connectivity index (χ3v) is 0. The molecule has 0 saturated heterocycles. The van der Waals surface area contributed by atoms with Crippen LogP contribution >= 0.6 is 0 Å². The Kier molecular flexibility index (Phi) is 11.8. The van der Waals surface area contributed by atoms with Crippen molar-refractivity contribution in [3.63, 3.8) is 0 Å². The van der Waals surface area contributed by atoms with Crippen molar-refractivity contribution in [1.29, 1.82) is 0 Å². The predicted octanol–water partition coefficient (Wildman–Crippen LogP) is 2.50. The van der Waals surface area contributed by atoms with Crippen LogP contribution in [0.5, 0.6) is 0 Å². The molecule has 0 aromatic rings. The average molecular weight is 176 g/mol. The molecule has 0 aromatic carbocycles. The molecule has 0 rings (SSSR count). The Balaban J connectivity index is -0.0000000800. The standard InChI is InChI=1S/C5H11.CH4.Y/c1-5(2,3)4;;/h1H2,2-4H3;1H4;/q-1;;. The maximum Gasteiger partial charge on any atom is 0 e. The van der Waals surface area contributed by atoms with E-state index in [-0.39, 0.29) is 45.6 Å². The fraction of sp³-hybridized carbons (Fsp3) is 0.833. The Labute approximate surface area is 73.0 Å². The molecular weight excluding hydrogens is 161 g/mol. The van der Waals surface area contributed by atoms with Crippen molar-refractivity contribution in [3.8, 4) is 0 Å². The molecule has 0 bridgehead atoms. The van der Waals surface area contributed by atoms with Gasteiger partial charge in [0.2, 0.25) is 0 Å². The molecule has 0 spiro atoms. The van der Waals surface area contributed by atoms with Crippen LogP contribution in [0.25, 0.3) is 0 Å². The van der Waals surface area contributed by atoms with Crippen molar-refractivity contribution < 1.29 is 32.7 Å². The van der Waals surface area contributed by atoms with E-state index in [1.54, 1.807) is 0 Å². The van der Waals surface area contributed by atoms with Crippen LogP contribution in [0.1, 0.15) is 28.2 Å². The first-order chi connectivity index (χ1) is 2.00. The van der Waals surface area contributed by atoms with E-state index in [4.69, 9.17) is 0 Å². The normalized spacial score (nSPS) is 8.57. The van der Waals surface area contributed by atoms with Gasteiger partial charge in [-0.2, -0.15) is 5.41 Å². The summed E-state index contributed by atoms with van der Waals surface area (Å²) in [6, 6.07) is 0. The summed E-state index contributed by atoms with van der Waals surface area (Å²) in [5, 5.41) is 0. The van der Waals surface area contributed by atoms with E-state index < -0.39 is 0 Å². The van der Waals surface area contributed by atoms with E-state index >= 15 is 0 Å². The molecule has 0 nitrogen and oxygen atoms in total. The number of hydrogen-bond donors (Lipinski definition) is 0. The molecule has 1 radical (unpaired) electrons. The summed E-state index contributed by atoms with van der Waals surface area (Å²) >= 11 is 0. The van der Waals surface area contributed by atoms with Crippen molar-refractivity contribution in [2.45, 2.75) is 28.2 Å². The Morgan fingerprint density at radius 1 is 1.14 bits per heavy atom. The van der Waals surface area contributed by atoms with Gasteiger partial charge >= 0.3 is 0 Å². The average Bonchev–Trinajstić information content (AvgIpc) is 0.722. The van der Waals surface area contributed by atoms with E-state index in [9.17, 15) is 0 Å². The van der Waals surface area contributed by atoms with E-state index in [2.05, 4.69) is 27.7 Å². The van der Waals surface area contributed by atoms with Crippen LogP contribution in [-0.4, -0.2) is 0 Å². The van der Waals surface area contributed by atoms with Gasteiger partial charge in [-0.25, -0.2) is 0 Å². The van der Waals surface area contributed by atoms with Crippen LogP contribution < -0.4 is 0 Å². The first-order valence-electron chi connectivity index (χ1n) is 1.85. The SMILES string of the molecule is C.[CH2-]C(C)(C)C.[Y]. The molecule has 7 heavy (non-hydrogen) atoms. The van der Waals surface area contributed by atoms with Crippen LogP contribution in [0.4, 0.5) is 0 Å². The Morgan fingerprint density at radius 2 is 1.14 bits per heavy atom. The van der Waals surface area contributed by atoms with E-state index in [0.29, 0.717) is 0 Å². The zero-order valence-electron chi connectivity index (χ0n) is 4.78. The van der Waals surface area contributed by atoms with Gasteiger partial charge in [0.15, 0.2) is 0 Å². The minimum absolute atomic E-state index is 0. The predicted molar refractivity (Wildman–Crippen MR) is 31.5 cm³/mol. The topological polar surface area (TPSA) is 0 Å². The summed E-state index contributed by atoms with van der Waals surface area (Å²) in [7, 11) is 0. The molecule has 0 fully saturated rings. The van der Waals surface area contributed by atoms with E-state index in [1.165, 1.54) is 0 Å². The van der Waals surface area contributed by atoms with Crippen LogP contribution in [-0.2, 0) is 32.7 Å². The molecule has 0 atom stereocenters. The quantitative estimate of drug-likeness (QED) is 0.497. The van der Waals surface area contributed by atoms with Crippen molar-refractivity contribution in [2.75, 3.05) is 0 Å². The fourth-order valence-electron chi connectivity index (χ4n) is 0. The van der Waals surface area contributed by atoms with Gasteiger partial charge in [0.25, 0.3) is 0 Å². The van der Waals surface area contributed by atoms with Crippen LogP contribution in [0.15, 0.2) is 0 Å². The molecular formula is C6H15Y-. The monoisotopic (exact) mass is 176 g/mol. The zero-order valence-corrected chi connectivity index (χ0v) is 7.62. The summed E-state index contributed by atoms with van der Waals surface area (Å²) < 4.78 is 0. The third-order valence-electron chi connectivity index (χ3n) is 0. The van der Waals surface area contributed by atoms with Crippen LogP contribution in [0.2, 0.25) is 0 Å². The summed E-state index contributed by atoms with van der Waals surface area (Å²) in [6.07, 6.45) is 0. The molecule has 0 aliphatic carbocycles. The van der Waals surface area contributed by atoms with Gasteiger partial charge in [0, 0.05) is 32.7 Å². The summed E-state index contributed by atoms with van der Waals surface area (Å²) in [5.74, 6) is 0. The second-order valence-electron chi connectivity index (χ2n) is 2.56. The number of rotatable bonds is 0. The molecule has 0 heterocycles. The Hall–Kier alpha value is 1.10. The van der Waals surface area contributed by atoms with Gasteiger partial charge in [-0.15, -0.1) is 0 Å². The second-order valence-corrected chi connectivity index (χ2v) is 2.56. The summed E-state index contributed by atoms with van der Waals surface area (Å²) in [4.78, 5) is 0. The first kappa shape index (κ1) is 15.7. The summed E-state index contributed by atoms with van der Waals surface area (Å²) in [6.45, 7) is 10.0. The van der Waals surface area contributed by atoms with Crippen LogP contribution in [0, 0.1) is 12.3 Å². The summed E-state index contributed by atoms with van der Waals surface area (Å²) in [5.41, 5.74) is 0.250.